The van der Waals surface area contributed by atoms with E-state index in [9.17, 15) is 4.39 Å². The minimum atomic E-state index is -0.244. The second-order valence-corrected chi connectivity index (χ2v) is 4.90. The molecule has 0 amide bonds. The molecule has 0 saturated carbocycles. The van der Waals surface area contributed by atoms with Crippen molar-refractivity contribution in [2.75, 3.05) is 27.2 Å². The number of aromatic nitrogens is 1. The Morgan fingerprint density at radius 3 is 2.65 bits per heavy atom. The Hall–Kier alpha value is -1.94. The van der Waals surface area contributed by atoms with Gasteiger partial charge in [0.25, 0.3) is 0 Å². The topological polar surface area (TPSA) is 25.4 Å². The molecule has 0 N–H and O–H groups in total. The standard InChI is InChI=1S/C16H19FN2O/c1-19(2)9-4-10-20-16-8-7-14(12-18-16)13-5-3-6-15(17)11-13/h3,5-8,11-12H,4,9-10H2,1-2H3. The van der Waals surface area contributed by atoms with Crippen LogP contribution in [0.1, 0.15) is 6.42 Å². The van der Waals surface area contributed by atoms with Crippen molar-refractivity contribution >= 4 is 0 Å². The van der Waals surface area contributed by atoms with E-state index in [1.807, 2.05) is 32.3 Å². The number of hydrogen-bond acceptors (Lipinski definition) is 3. The van der Waals surface area contributed by atoms with E-state index >= 15 is 0 Å². The lowest BCUT2D eigenvalue weighted by Crippen LogP contribution is -2.15. The zero-order valence-electron chi connectivity index (χ0n) is 11.8. The molecule has 2 rings (SSSR count). The Kier molecular flexibility index (Phi) is 5.07. The van der Waals surface area contributed by atoms with E-state index in [0.717, 1.165) is 24.1 Å². The normalized spacial score (nSPS) is 10.8. The third-order valence-electron chi connectivity index (χ3n) is 2.89. The summed E-state index contributed by atoms with van der Waals surface area (Å²) in [5, 5.41) is 0. The molecule has 0 aliphatic carbocycles. The van der Waals surface area contributed by atoms with E-state index in [0.29, 0.717) is 12.5 Å². The molecule has 0 aliphatic heterocycles. The fourth-order valence-electron chi connectivity index (χ4n) is 1.86. The van der Waals surface area contributed by atoms with Crippen molar-refractivity contribution in [3.05, 3.63) is 48.4 Å². The van der Waals surface area contributed by atoms with E-state index in [-0.39, 0.29) is 5.82 Å². The minimum Gasteiger partial charge on any atom is -0.478 e. The van der Waals surface area contributed by atoms with Crippen LogP contribution in [0.25, 0.3) is 11.1 Å². The summed E-state index contributed by atoms with van der Waals surface area (Å²) in [6, 6.07) is 10.2. The second kappa shape index (κ2) is 7.01. The van der Waals surface area contributed by atoms with Crippen LogP contribution in [0.5, 0.6) is 5.88 Å². The highest BCUT2D eigenvalue weighted by Gasteiger charge is 2.01. The molecule has 0 aliphatic rings. The Bertz CT molecular complexity index is 540. The fourth-order valence-corrected chi connectivity index (χ4v) is 1.86. The summed E-state index contributed by atoms with van der Waals surface area (Å²) in [5.74, 6) is 0.357. The van der Waals surface area contributed by atoms with Gasteiger partial charge in [-0.3, -0.25) is 0 Å². The van der Waals surface area contributed by atoms with Gasteiger partial charge in [0.2, 0.25) is 5.88 Å². The summed E-state index contributed by atoms with van der Waals surface area (Å²) in [6.07, 6.45) is 2.66. The SMILES string of the molecule is CN(C)CCCOc1ccc(-c2cccc(F)c2)cn1. The first-order chi connectivity index (χ1) is 9.65. The van der Waals surface area contributed by atoms with Crippen molar-refractivity contribution in [1.29, 1.82) is 0 Å². The molecule has 3 nitrogen and oxygen atoms in total. The number of rotatable bonds is 6. The Balaban J connectivity index is 1.93. The summed E-state index contributed by atoms with van der Waals surface area (Å²) >= 11 is 0. The quantitative estimate of drug-likeness (QED) is 0.756. The molecule has 2 aromatic rings. The molecule has 0 atom stereocenters. The lowest BCUT2D eigenvalue weighted by atomic mass is 10.1. The molecule has 0 unspecified atom stereocenters. The van der Waals surface area contributed by atoms with Gasteiger partial charge in [0.05, 0.1) is 6.61 Å². The van der Waals surface area contributed by atoms with E-state index in [2.05, 4.69) is 9.88 Å². The monoisotopic (exact) mass is 274 g/mol. The zero-order valence-corrected chi connectivity index (χ0v) is 11.8. The van der Waals surface area contributed by atoms with Gasteiger partial charge in [0.15, 0.2) is 0 Å². The highest BCUT2D eigenvalue weighted by molar-refractivity contribution is 5.62. The highest BCUT2D eigenvalue weighted by atomic mass is 19.1. The van der Waals surface area contributed by atoms with Crippen molar-refractivity contribution in [3.8, 4) is 17.0 Å². The number of ether oxygens (including phenoxy) is 1. The number of benzene rings is 1. The number of pyridine rings is 1. The molecule has 0 radical (unpaired) electrons. The summed E-state index contributed by atoms with van der Waals surface area (Å²) in [6.45, 7) is 1.63. The number of halogens is 1. The molecule has 0 saturated heterocycles. The fraction of sp³-hybridized carbons (Fsp3) is 0.312. The third kappa shape index (κ3) is 4.31. The summed E-state index contributed by atoms with van der Waals surface area (Å²) in [5.41, 5.74) is 1.70. The van der Waals surface area contributed by atoms with Crippen LogP contribution < -0.4 is 4.74 Å². The molecule has 1 aromatic carbocycles. The molecule has 4 heteroatoms. The molecule has 1 heterocycles. The summed E-state index contributed by atoms with van der Waals surface area (Å²) in [4.78, 5) is 6.36. The molecule has 0 bridgehead atoms. The smallest absolute Gasteiger partial charge is 0.213 e. The minimum absolute atomic E-state index is 0.244. The largest absolute Gasteiger partial charge is 0.478 e. The van der Waals surface area contributed by atoms with Gasteiger partial charge in [-0.2, -0.15) is 0 Å². The van der Waals surface area contributed by atoms with Gasteiger partial charge >= 0.3 is 0 Å². The molecule has 20 heavy (non-hydrogen) atoms. The van der Waals surface area contributed by atoms with Crippen LogP contribution in [-0.2, 0) is 0 Å². The number of hydrogen-bond donors (Lipinski definition) is 0. The van der Waals surface area contributed by atoms with Gasteiger partial charge in [-0.15, -0.1) is 0 Å². The summed E-state index contributed by atoms with van der Waals surface area (Å²) in [7, 11) is 4.07. The maximum atomic E-state index is 13.2. The molecule has 0 spiro atoms. The van der Waals surface area contributed by atoms with Crippen LogP contribution >= 0.6 is 0 Å². The van der Waals surface area contributed by atoms with E-state index in [4.69, 9.17) is 4.74 Å². The predicted octanol–water partition coefficient (Wildman–Crippen LogP) is 3.22. The molecule has 1 aromatic heterocycles. The lowest BCUT2D eigenvalue weighted by molar-refractivity contribution is 0.273. The van der Waals surface area contributed by atoms with Gasteiger partial charge < -0.3 is 9.64 Å². The van der Waals surface area contributed by atoms with Crippen LogP contribution in [0, 0.1) is 5.82 Å². The average Bonchev–Trinajstić information content (AvgIpc) is 2.44. The molecular formula is C16H19FN2O. The van der Waals surface area contributed by atoms with Crippen LogP contribution in [0.4, 0.5) is 4.39 Å². The van der Waals surface area contributed by atoms with E-state index < -0.39 is 0 Å². The predicted molar refractivity (Wildman–Crippen MR) is 78.3 cm³/mol. The van der Waals surface area contributed by atoms with Crippen LogP contribution in [0.15, 0.2) is 42.6 Å². The average molecular weight is 274 g/mol. The molecule has 106 valence electrons. The van der Waals surface area contributed by atoms with Crippen molar-refractivity contribution in [2.45, 2.75) is 6.42 Å². The van der Waals surface area contributed by atoms with Gasteiger partial charge in [-0.25, -0.2) is 9.37 Å². The first kappa shape index (κ1) is 14.5. The first-order valence-electron chi connectivity index (χ1n) is 6.64. The van der Waals surface area contributed by atoms with Gasteiger partial charge in [-0.05, 0) is 44.3 Å². The Morgan fingerprint density at radius 2 is 2.00 bits per heavy atom. The molecule has 0 fully saturated rings. The third-order valence-corrected chi connectivity index (χ3v) is 2.89. The van der Waals surface area contributed by atoms with Crippen LogP contribution in [-0.4, -0.2) is 37.1 Å². The molecular weight excluding hydrogens is 255 g/mol. The summed E-state index contributed by atoms with van der Waals surface area (Å²) < 4.78 is 18.7. The Labute approximate surface area is 119 Å². The number of nitrogens with zero attached hydrogens (tertiary/aromatic N) is 2. The maximum Gasteiger partial charge on any atom is 0.213 e. The van der Waals surface area contributed by atoms with E-state index in [1.54, 1.807) is 12.3 Å². The lowest BCUT2D eigenvalue weighted by Gasteiger charge is -2.10. The highest BCUT2D eigenvalue weighted by Crippen LogP contribution is 2.20. The van der Waals surface area contributed by atoms with Crippen molar-refractivity contribution < 1.29 is 9.13 Å². The van der Waals surface area contributed by atoms with Crippen LogP contribution in [0.2, 0.25) is 0 Å². The zero-order chi connectivity index (χ0) is 14.4. The van der Waals surface area contributed by atoms with Gasteiger partial charge in [0, 0.05) is 24.4 Å². The second-order valence-electron chi connectivity index (χ2n) is 4.90. The van der Waals surface area contributed by atoms with E-state index in [1.165, 1.54) is 12.1 Å². The van der Waals surface area contributed by atoms with Gasteiger partial charge in [-0.1, -0.05) is 12.1 Å². The van der Waals surface area contributed by atoms with Crippen molar-refractivity contribution in [3.63, 3.8) is 0 Å². The van der Waals surface area contributed by atoms with Crippen LogP contribution in [0.3, 0.4) is 0 Å². The van der Waals surface area contributed by atoms with Gasteiger partial charge in [0.1, 0.15) is 5.82 Å². The van der Waals surface area contributed by atoms with Crippen molar-refractivity contribution in [2.24, 2.45) is 0 Å². The van der Waals surface area contributed by atoms with Crippen molar-refractivity contribution in [1.82, 2.24) is 9.88 Å². The Morgan fingerprint density at radius 1 is 1.15 bits per heavy atom. The first-order valence-corrected chi connectivity index (χ1v) is 6.64. The maximum absolute atomic E-state index is 13.2.